The van der Waals surface area contributed by atoms with Crippen molar-refractivity contribution in [3.63, 3.8) is 0 Å². The SMILES string of the molecule is N#Cc1ccc(CS(=O)c2cc(Cl)ccc2Cl)c(F)c1. The van der Waals surface area contributed by atoms with Gasteiger partial charge in [-0.2, -0.15) is 5.26 Å². The number of rotatable bonds is 3. The van der Waals surface area contributed by atoms with Crippen LogP contribution in [0.15, 0.2) is 41.3 Å². The molecule has 0 aromatic heterocycles. The van der Waals surface area contributed by atoms with Crippen LogP contribution >= 0.6 is 23.2 Å². The number of halogens is 3. The molecule has 2 aromatic carbocycles. The highest BCUT2D eigenvalue weighted by molar-refractivity contribution is 7.84. The molecule has 2 rings (SSSR count). The van der Waals surface area contributed by atoms with Crippen LogP contribution in [0.5, 0.6) is 0 Å². The Kier molecular flexibility index (Phi) is 4.77. The molecule has 0 saturated carbocycles. The molecule has 0 spiro atoms. The Labute approximate surface area is 128 Å². The summed E-state index contributed by atoms with van der Waals surface area (Å²) in [5.41, 5.74) is 0.483. The van der Waals surface area contributed by atoms with Gasteiger partial charge < -0.3 is 0 Å². The van der Waals surface area contributed by atoms with Gasteiger partial charge in [0.15, 0.2) is 0 Å². The molecule has 2 aromatic rings. The van der Waals surface area contributed by atoms with E-state index >= 15 is 0 Å². The van der Waals surface area contributed by atoms with Crippen molar-refractivity contribution in [2.75, 3.05) is 0 Å². The number of nitriles is 1. The van der Waals surface area contributed by atoms with Gasteiger partial charge in [-0.1, -0.05) is 29.3 Å². The number of hydrogen-bond donors (Lipinski definition) is 0. The molecular weight excluding hydrogens is 320 g/mol. The first-order valence-electron chi connectivity index (χ1n) is 5.53. The Balaban J connectivity index is 2.28. The second-order valence-electron chi connectivity index (χ2n) is 3.98. The topological polar surface area (TPSA) is 40.9 Å². The molecule has 0 radical (unpaired) electrons. The highest BCUT2D eigenvalue weighted by Gasteiger charge is 2.13. The average Bonchev–Trinajstić information content (AvgIpc) is 2.43. The summed E-state index contributed by atoms with van der Waals surface area (Å²) in [6.45, 7) is 0. The van der Waals surface area contributed by atoms with Crippen LogP contribution in [0.1, 0.15) is 11.1 Å². The van der Waals surface area contributed by atoms with Gasteiger partial charge in [-0.3, -0.25) is 4.21 Å². The lowest BCUT2D eigenvalue weighted by Gasteiger charge is -2.06. The van der Waals surface area contributed by atoms with Gasteiger partial charge in [-0.15, -0.1) is 0 Å². The van der Waals surface area contributed by atoms with Crippen molar-refractivity contribution in [3.8, 4) is 6.07 Å². The third-order valence-corrected chi connectivity index (χ3v) is 4.69. The van der Waals surface area contributed by atoms with Crippen LogP contribution in [0.3, 0.4) is 0 Å². The maximum atomic E-state index is 13.7. The second kappa shape index (κ2) is 6.36. The molecule has 0 fully saturated rings. The first-order valence-corrected chi connectivity index (χ1v) is 7.60. The first kappa shape index (κ1) is 15.0. The van der Waals surface area contributed by atoms with E-state index in [1.807, 2.05) is 6.07 Å². The summed E-state index contributed by atoms with van der Waals surface area (Å²) in [4.78, 5) is 0.364. The Morgan fingerprint density at radius 2 is 1.95 bits per heavy atom. The van der Waals surface area contributed by atoms with Crippen LogP contribution in [0, 0.1) is 17.1 Å². The molecule has 6 heteroatoms. The number of nitrogens with zero attached hydrogens (tertiary/aromatic N) is 1. The van der Waals surface area contributed by atoms with E-state index in [0.29, 0.717) is 14.9 Å². The molecule has 2 nitrogen and oxygen atoms in total. The zero-order valence-electron chi connectivity index (χ0n) is 10.1. The summed E-state index contributed by atoms with van der Waals surface area (Å²) >= 11 is 11.8. The molecule has 0 aliphatic rings. The Morgan fingerprint density at radius 3 is 2.60 bits per heavy atom. The molecule has 102 valence electrons. The van der Waals surface area contributed by atoms with Gasteiger partial charge >= 0.3 is 0 Å². The first-order chi connectivity index (χ1) is 9.51. The maximum Gasteiger partial charge on any atom is 0.128 e. The van der Waals surface area contributed by atoms with E-state index in [1.54, 1.807) is 12.1 Å². The molecule has 1 unspecified atom stereocenters. The fourth-order valence-electron chi connectivity index (χ4n) is 1.60. The quantitative estimate of drug-likeness (QED) is 0.842. The highest BCUT2D eigenvalue weighted by Crippen LogP contribution is 2.26. The van der Waals surface area contributed by atoms with Crippen LogP contribution in [0.2, 0.25) is 10.0 Å². The molecule has 0 bridgehead atoms. The highest BCUT2D eigenvalue weighted by atomic mass is 35.5. The summed E-state index contributed by atoms with van der Waals surface area (Å²) in [5.74, 6) is -0.590. The van der Waals surface area contributed by atoms with Crippen molar-refractivity contribution in [1.82, 2.24) is 0 Å². The smallest absolute Gasteiger partial charge is 0.128 e. The van der Waals surface area contributed by atoms with E-state index in [2.05, 4.69) is 0 Å². The van der Waals surface area contributed by atoms with Gasteiger partial charge in [0.2, 0.25) is 0 Å². The third kappa shape index (κ3) is 3.37. The van der Waals surface area contributed by atoms with Gasteiger partial charge in [0.25, 0.3) is 0 Å². The Bertz CT molecular complexity index is 728. The minimum atomic E-state index is -1.51. The zero-order valence-corrected chi connectivity index (χ0v) is 12.4. The second-order valence-corrected chi connectivity index (χ2v) is 6.25. The number of hydrogen-bond acceptors (Lipinski definition) is 2. The number of benzene rings is 2. The van der Waals surface area contributed by atoms with Gasteiger partial charge in [0.05, 0.1) is 38.1 Å². The van der Waals surface area contributed by atoms with Crippen LogP contribution in [-0.2, 0) is 16.6 Å². The van der Waals surface area contributed by atoms with Gasteiger partial charge in [-0.05, 0) is 30.3 Å². The normalized spacial score (nSPS) is 11.9. The van der Waals surface area contributed by atoms with Gasteiger partial charge in [0, 0.05) is 10.6 Å². The minimum absolute atomic E-state index is 0.0302. The van der Waals surface area contributed by atoms with Crippen LogP contribution in [-0.4, -0.2) is 4.21 Å². The minimum Gasteiger partial charge on any atom is -0.254 e. The van der Waals surface area contributed by atoms with Crippen molar-refractivity contribution < 1.29 is 8.60 Å². The summed E-state index contributed by atoms with van der Waals surface area (Å²) in [7, 11) is -1.51. The summed E-state index contributed by atoms with van der Waals surface area (Å²) in [5, 5.41) is 9.41. The van der Waals surface area contributed by atoms with Crippen LogP contribution < -0.4 is 0 Å². The van der Waals surface area contributed by atoms with Crippen molar-refractivity contribution in [2.45, 2.75) is 10.6 Å². The van der Waals surface area contributed by atoms with Crippen molar-refractivity contribution in [3.05, 3.63) is 63.4 Å². The van der Waals surface area contributed by atoms with E-state index in [-0.39, 0.29) is 16.9 Å². The van der Waals surface area contributed by atoms with E-state index in [9.17, 15) is 8.60 Å². The standard InChI is InChI=1S/C14H8Cl2FNOS/c15-11-3-4-12(16)14(6-11)20(19)8-10-2-1-9(7-18)5-13(10)17/h1-6H,8H2. The van der Waals surface area contributed by atoms with E-state index in [4.69, 9.17) is 28.5 Å². The molecule has 0 amide bonds. The molecule has 20 heavy (non-hydrogen) atoms. The average molecular weight is 328 g/mol. The van der Waals surface area contributed by atoms with Crippen molar-refractivity contribution in [2.24, 2.45) is 0 Å². The third-order valence-electron chi connectivity index (χ3n) is 2.61. The Morgan fingerprint density at radius 1 is 1.20 bits per heavy atom. The van der Waals surface area contributed by atoms with Crippen LogP contribution in [0.4, 0.5) is 4.39 Å². The lowest BCUT2D eigenvalue weighted by atomic mass is 10.1. The molecule has 1 atom stereocenters. The molecule has 0 heterocycles. The fraction of sp³-hybridized carbons (Fsp3) is 0.0714. The molecule has 0 aliphatic carbocycles. The monoisotopic (exact) mass is 327 g/mol. The predicted molar refractivity (Wildman–Crippen MR) is 77.7 cm³/mol. The Hall–Kier alpha value is -1.41. The fourth-order valence-corrected chi connectivity index (χ4v) is 3.43. The summed E-state index contributed by atoms with van der Waals surface area (Å²) < 4.78 is 26.0. The largest absolute Gasteiger partial charge is 0.254 e. The van der Waals surface area contributed by atoms with Crippen LogP contribution in [0.25, 0.3) is 0 Å². The summed E-state index contributed by atoms with van der Waals surface area (Å²) in [6, 6.07) is 10.5. The van der Waals surface area contributed by atoms with Crippen molar-refractivity contribution >= 4 is 34.0 Å². The summed E-state index contributed by atoms with van der Waals surface area (Å²) in [6.07, 6.45) is 0. The van der Waals surface area contributed by atoms with E-state index in [1.165, 1.54) is 18.2 Å². The lowest BCUT2D eigenvalue weighted by Crippen LogP contribution is -2.00. The molecule has 0 aliphatic heterocycles. The van der Waals surface area contributed by atoms with Gasteiger partial charge in [-0.25, -0.2) is 4.39 Å². The van der Waals surface area contributed by atoms with Gasteiger partial charge in [0.1, 0.15) is 5.82 Å². The zero-order chi connectivity index (χ0) is 14.7. The molecule has 0 N–H and O–H groups in total. The molecule has 0 saturated heterocycles. The van der Waals surface area contributed by atoms with E-state index < -0.39 is 16.6 Å². The predicted octanol–water partition coefficient (Wildman–Crippen LogP) is 4.31. The van der Waals surface area contributed by atoms with E-state index in [0.717, 1.165) is 6.07 Å². The van der Waals surface area contributed by atoms with Crippen molar-refractivity contribution in [1.29, 1.82) is 5.26 Å². The lowest BCUT2D eigenvalue weighted by molar-refractivity contribution is 0.614. The molecular formula is C14H8Cl2FNOS. The maximum absolute atomic E-state index is 13.7.